The first kappa shape index (κ1) is 15.2. The average molecular weight is 242 g/mol. The number of esters is 1. The minimum atomic E-state index is -4.15. The van der Waals surface area contributed by atoms with Crippen LogP contribution in [0.5, 0.6) is 0 Å². The van der Waals surface area contributed by atoms with Gasteiger partial charge >= 0.3 is 12.1 Å². The minimum absolute atomic E-state index is 0.0998. The van der Waals surface area contributed by atoms with Crippen LogP contribution in [0.1, 0.15) is 12.8 Å². The van der Waals surface area contributed by atoms with E-state index < -0.39 is 24.6 Å². The number of halogens is 3. The SMILES string of the molecule is COC(=O)C(N)CCN(C)CCC(F)(F)F. The molecule has 4 nitrogen and oxygen atoms in total. The Balaban J connectivity index is 3.73. The Bertz CT molecular complexity index is 221. The van der Waals surface area contributed by atoms with Crippen LogP contribution in [-0.2, 0) is 9.53 Å². The predicted molar refractivity (Wildman–Crippen MR) is 52.8 cm³/mol. The van der Waals surface area contributed by atoms with Crippen molar-refractivity contribution in [2.45, 2.75) is 25.1 Å². The van der Waals surface area contributed by atoms with Crippen molar-refractivity contribution >= 4 is 5.97 Å². The van der Waals surface area contributed by atoms with Crippen molar-refractivity contribution in [1.82, 2.24) is 4.90 Å². The molecule has 0 saturated heterocycles. The van der Waals surface area contributed by atoms with Crippen molar-refractivity contribution in [2.75, 3.05) is 27.2 Å². The fraction of sp³-hybridized carbons (Fsp3) is 0.889. The lowest BCUT2D eigenvalue weighted by Crippen LogP contribution is -2.36. The van der Waals surface area contributed by atoms with E-state index in [0.717, 1.165) is 0 Å². The van der Waals surface area contributed by atoms with Crippen LogP contribution in [0.3, 0.4) is 0 Å². The standard InChI is InChI=1S/C9H17F3N2O2/c1-14(6-4-9(10,11)12)5-3-7(13)8(15)16-2/h7H,3-6,13H2,1-2H3. The second-order valence-electron chi connectivity index (χ2n) is 3.59. The summed E-state index contributed by atoms with van der Waals surface area (Å²) >= 11 is 0. The molecule has 0 aromatic rings. The minimum Gasteiger partial charge on any atom is -0.468 e. The van der Waals surface area contributed by atoms with Crippen molar-refractivity contribution in [3.05, 3.63) is 0 Å². The lowest BCUT2D eigenvalue weighted by molar-refractivity contribution is -0.143. The molecule has 1 atom stereocenters. The van der Waals surface area contributed by atoms with E-state index in [1.165, 1.54) is 12.0 Å². The molecule has 0 aliphatic heterocycles. The molecule has 96 valence electrons. The molecule has 7 heteroatoms. The monoisotopic (exact) mass is 242 g/mol. The molecule has 0 radical (unpaired) electrons. The summed E-state index contributed by atoms with van der Waals surface area (Å²) in [6, 6.07) is -0.779. The highest BCUT2D eigenvalue weighted by molar-refractivity contribution is 5.75. The van der Waals surface area contributed by atoms with Gasteiger partial charge in [0.15, 0.2) is 0 Å². The van der Waals surface area contributed by atoms with Crippen LogP contribution in [0.15, 0.2) is 0 Å². The summed E-state index contributed by atoms with van der Waals surface area (Å²) in [5.74, 6) is -0.552. The van der Waals surface area contributed by atoms with Gasteiger partial charge in [-0.2, -0.15) is 13.2 Å². The Morgan fingerprint density at radius 1 is 1.44 bits per heavy atom. The topological polar surface area (TPSA) is 55.6 Å². The van der Waals surface area contributed by atoms with Crippen LogP contribution in [-0.4, -0.2) is 50.3 Å². The van der Waals surface area contributed by atoms with Crippen LogP contribution in [0.2, 0.25) is 0 Å². The predicted octanol–water partition coefficient (Wildman–Crippen LogP) is 0.761. The average Bonchev–Trinajstić information content (AvgIpc) is 2.20. The van der Waals surface area contributed by atoms with Gasteiger partial charge < -0.3 is 15.4 Å². The Hall–Kier alpha value is -0.820. The largest absolute Gasteiger partial charge is 0.468 e. The van der Waals surface area contributed by atoms with E-state index in [4.69, 9.17) is 5.73 Å². The summed E-state index contributed by atoms with van der Waals surface area (Å²) in [4.78, 5) is 12.4. The summed E-state index contributed by atoms with van der Waals surface area (Å²) in [5, 5.41) is 0. The first-order valence-electron chi connectivity index (χ1n) is 4.85. The van der Waals surface area contributed by atoms with Crippen LogP contribution >= 0.6 is 0 Å². The molecule has 0 fully saturated rings. The van der Waals surface area contributed by atoms with Gasteiger partial charge in [-0.15, -0.1) is 0 Å². The lowest BCUT2D eigenvalue weighted by Gasteiger charge is -2.19. The third kappa shape index (κ3) is 7.47. The summed E-state index contributed by atoms with van der Waals surface area (Å²) < 4.78 is 40.0. The number of methoxy groups -OCH3 is 1. The van der Waals surface area contributed by atoms with Gasteiger partial charge in [0.2, 0.25) is 0 Å². The van der Waals surface area contributed by atoms with Gasteiger partial charge in [0, 0.05) is 6.54 Å². The number of carbonyl (C=O) groups is 1. The number of nitrogens with zero attached hydrogens (tertiary/aromatic N) is 1. The quantitative estimate of drug-likeness (QED) is 0.699. The van der Waals surface area contributed by atoms with E-state index in [-0.39, 0.29) is 13.0 Å². The molecule has 0 rings (SSSR count). The maximum absolute atomic E-state index is 11.9. The van der Waals surface area contributed by atoms with Crippen molar-refractivity contribution < 1.29 is 22.7 Å². The molecule has 0 aromatic carbocycles. The number of ether oxygens (including phenoxy) is 1. The summed E-state index contributed by atoms with van der Waals surface area (Å²) in [6.07, 6.45) is -4.74. The number of hydrogen-bond donors (Lipinski definition) is 1. The molecule has 0 heterocycles. The van der Waals surface area contributed by atoms with E-state index in [1.807, 2.05) is 0 Å². The number of nitrogens with two attached hydrogens (primary N) is 1. The van der Waals surface area contributed by atoms with Gasteiger partial charge in [-0.1, -0.05) is 0 Å². The second kappa shape index (κ2) is 6.70. The van der Waals surface area contributed by atoms with Crippen LogP contribution in [0.25, 0.3) is 0 Å². The van der Waals surface area contributed by atoms with Crippen molar-refractivity contribution in [1.29, 1.82) is 0 Å². The molecule has 0 aliphatic carbocycles. The summed E-state index contributed by atoms with van der Waals surface area (Å²) in [6.45, 7) is 0.226. The van der Waals surface area contributed by atoms with Gasteiger partial charge in [0.25, 0.3) is 0 Å². The molecule has 0 aromatic heterocycles. The fourth-order valence-corrected chi connectivity index (χ4v) is 1.06. The zero-order valence-electron chi connectivity index (χ0n) is 9.38. The Labute approximate surface area is 92.5 Å². The number of carbonyl (C=O) groups excluding carboxylic acids is 1. The second-order valence-corrected chi connectivity index (χ2v) is 3.59. The molecule has 0 saturated carbocycles. The van der Waals surface area contributed by atoms with Crippen molar-refractivity contribution in [2.24, 2.45) is 5.73 Å². The third-order valence-corrected chi connectivity index (χ3v) is 2.10. The molecular weight excluding hydrogens is 225 g/mol. The summed E-state index contributed by atoms with van der Waals surface area (Å²) in [5.41, 5.74) is 5.43. The van der Waals surface area contributed by atoms with E-state index in [0.29, 0.717) is 6.54 Å². The molecule has 1 unspecified atom stereocenters. The molecule has 16 heavy (non-hydrogen) atoms. The Kier molecular flexibility index (Phi) is 6.35. The zero-order chi connectivity index (χ0) is 12.8. The van der Waals surface area contributed by atoms with Crippen molar-refractivity contribution in [3.63, 3.8) is 0 Å². The maximum atomic E-state index is 11.9. The van der Waals surface area contributed by atoms with E-state index >= 15 is 0 Å². The van der Waals surface area contributed by atoms with Crippen LogP contribution in [0.4, 0.5) is 13.2 Å². The first-order valence-corrected chi connectivity index (χ1v) is 4.85. The molecule has 0 spiro atoms. The number of alkyl halides is 3. The molecule has 2 N–H and O–H groups in total. The third-order valence-electron chi connectivity index (χ3n) is 2.10. The summed E-state index contributed by atoms with van der Waals surface area (Å²) in [7, 11) is 2.77. The van der Waals surface area contributed by atoms with Crippen LogP contribution < -0.4 is 5.73 Å². The van der Waals surface area contributed by atoms with Gasteiger partial charge in [-0.05, 0) is 20.0 Å². The zero-order valence-corrected chi connectivity index (χ0v) is 9.38. The molecule has 0 amide bonds. The Morgan fingerprint density at radius 2 is 2.00 bits per heavy atom. The van der Waals surface area contributed by atoms with Gasteiger partial charge in [0.1, 0.15) is 6.04 Å². The maximum Gasteiger partial charge on any atom is 0.390 e. The fourth-order valence-electron chi connectivity index (χ4n) is 1.06. The number of rotatable bonds is 6. The van der Waals surface area contributed by atoms with Crippen LogP contribution in [0, 0.1) is 0 Å². The molecule has 0 aliphatic rings. The van der Waals surface area contributed by atoms with E-state index in [2.05, 4.69) is 4.74 Å². The number of hydrogen-bond acceptors (Lipinski definition) is 4. The lowest BCUT2D eigenvalue weighted by atomic mass is 10.2. The molecule has 0 bridgehead atoms. The van der Waals surface area contributed by atoms with E-state index in [1.54, 1.807) is 7.05 Å². The van der Waals surface area contributed by atoms with Gasteiger partial charge in [-0.3, -0.25) is 4.79 Å². The normalized spacial score (nSPS) is 13.9. The van der Waals surface area contributed by atoms with Gasteiger partial charge in [-0.25, -0.2) is 0 Å². The smallest absolute Gasteiger partial charge is 0.390 e. The van der Waals surface area contributed by atoms with Gasteiger partial charge in [0.05, 0.1) is 13.5 Å². The molecular formula is C9H17F3N2O2. The van der Waals surface area contributed by atoms with Crippen molar-refractivity contribution in [3.8, 4) is 0 Å². The van der Waals surface area contributed by atoms with E-state index in [9.17, 15) is 18.0 Å². The Morgan fingerprint density at radius 3 is 2.44 bits per heavy atom. The highest BCUT2D eigenvalue weighted by Crippen LogP contribution is 2.19. The highest BCUT2D eigenvalue weighted by atomic mass is 19.4. The first-order chi connectivity index (χ1) is 7.26. The highest BCUT2D eigenvalue weighted by Gasteiger charge is 2.27.